The van der Waals surface area contributed by atoms with E-state index in [1.165, 1.54) is 5.56 Å². The summed E-state index contributed by atoms with van der Waals surface area (Å²) in [7, 11) is 0. The molecule has 90 valence electrons. The third-order valence-electron chi connectivity index (χ3n) is 3.05. The second-order valence-corrected chi connectivity index (χ2v) is 4.65. The highest BCUT2D eigenvalue weighted by Crippen LogP contribution is 2.20. The summed E-state index contributed by atoms with van der Waals surface area (Å²) >= 11 is 5.41. The molecule has 1 saturated heterocycles. The molecule has 17 heavy (non-hydrogen) atoms. The van der Waals surface area contributed by atoms with Gasteiger partial charge in [-0.05, 0) is 23.6 Å². The van der Waals surface area contributed by atoms with Crippen molar-refractivity contribution >= 4 is 22.8 Å². The lowest BCUT2D eigenvalue weighted by atomic mass is 10.1. The largest absolute Gasteiger partial charge is 0.342 e. The maximum Gasteiger partial charge on any atom is 0.227 e. The van der Waals surface area contributed by atoms with Crippen molar-refractivity contribution in [1.82, 2.24) is 4.90 Å². The first-order valence-corrected chi connectivity index (χ1v) is 6.05. The number of carbonyl (C=O) groups excluding carboxylic acids is 2. The molecular formula is C13H14ClNO2. The number of carbonyl (C=O) groups is 2. The van der Waals surface area contributed by atoms with E-state index in [-0.39, 0.29) is 18.2 Å². The topological polar surface area (TPSA) is 37.4 Å². The van der Waals surface area contributed by atoms with E-state index in [0.29, 0.717) is 13.1 Å². The predicted octanol–water partition coefficient (Wildman–Crippen LogP) is 1.84. The van der Waals surface area contributed by atoms with Crippen molar-refractivity contribution in [3.63, 3.8) is 0 Å². The summed E-state index contributed by atoms with van der Waals surface area (Å²) in [5, 5.41) is -0.402. The fourth-order valence-electron chi connectivity index (χ4n) is 2.05. The Bertz CT molecular complexity index is 419. The molecule has 1 aliphatic heterocycles. The molecule has 0 N–H and O–H groups in total. The van der Waals surface area contributed by atoms with Gasteiger partial charge in [0.15, 0.2) is 0 Å². The van der Waals surface area contributed by atoms with Crippen molar-refractivity contribution in [2.24, 2.45) is 5.92 Å². The smallest absolute Gasteiger partial charge is 0.227 e. The number of nitrogens with zero attached hydrogens (tertiary/aromatic N) is 1. The zero-order valence-corrected chi connectivity index (χ0v) is 10.2. The second kappa shape index (κ2) is 5.32. The third kappa shape index (κ3) is 3.07. The van der Waals surface area contributed by atoms with E-state index in [9.17, 15) is 9.59 Å². The zero-order valence-electron chi connectivity index (χ0n) is 9.43. The Hall–Kier alpha value is -1.35. The number of benzene rings is 1. The fourth-order valence-corrected chi connectivity index (χ4v) is 2.20. The van der Waals surface area contributed by atoms with Gasteiger partial charge in [-0.25, -0.2) is 0 Å². The molecule has 0 saturated carbocycles. The SMILES string of the molecule is O=C(Cl)C1CC(=O)N(CCc2ccccc2)C1. The van der Waals surface area contributed by atoms with Gasteiger partial charge in [-0.15, -0.1) is 0 Å². The Morgan fingerprint density at radius 2 is 2.06 bits per heavy atom. The Kier molecular flexibility index (Phi) is 3.79. The van der Waals surface area contributed by atoms with Gasteiger partial charge in [-0.1, -0.05) is 30.3 Å². The van der Waals surface area contributed by atoms with Gasteiger partial charge in [0.25, 0.3) is 0 Å². The minimum Gasteiger partial charge on any atom is -0.342 e. The molecule has 0 bridgehead atoms. The lowest BCUT2D eigenvalue weighted by molar-refractivity contribution is -0.128. The van der Waals surface area contributed by atoms with Crippen molar-refractivity contribution in [3.8, 4) is 0 Å². The lowest BCUT2D eigenvalue weighted by Crippen LogP contribution is -2.28. The number of amides is 1. The third-order valence-corrected chi connectivity index (χ3v) is 3.36. The van der Waals surface area contributed by atoms with Crippen LogP contribution in [0.25, 0.3) is 0 Å². The number of halogens is 1. The molecule has 4 heteroatoms. The van der Waals surface area contributed by atoms with Gasteiger partial charge in [-0.2, -0.15) is 0 Å². The number of likely N-dealkylation sites (tertiary alicyclic amines) is 1. The Morgan fingerprint density at radius 3 is 2.65 bits per heavy atom. The van der Waals surface area contributed by atoms with Gasteiger partial charge in [0.2, 0.25) is 11.1 Å². The minimum atomic E-state index is -0.402. The zero-order chi connectivity index (χ0) is 12.3. The summed E-state index contributed by atoms with van der Waals surface area (Å²) in [6.07, 6.45) is 1.08. The molecule has 2 rings (SSSR count). The van der Waals surface area contributed by atoms with Crippen molar-refractivity contribution in [3.05, 3.63) is 35.9 Å². The van der Waals surface area contributed by atoms with Crippen LogP contribution in [0.3, 0.4) is 0 Å². The Morgan fingerprint density at radius 1 is 1.35 bits per heavy atom. The molecule has 1 aromatic carbocycles. The van der Waals surface area contributed by atoms with E-state index in [1.54, 1.807) is 4.90 Å². The van der Waals surface area contributed by atoms with E-state index >= 15 is 0 Å². The molecule has 0 aliphatic carbocycles. The van der Waals surface area contributed by atoms with E-state index in [4.69, 9.17) is 11.6 Å². The average molecular weight is 252 g/mol. The molecule has 1 atom stereocenters. The molecule has 3 nitrogen and oxygen atoms in total. The summed E-state index contributed by atoms with van der Waals surface area (Å²) in [4.78, 5) is 24.3. The van der Waals surface area contributed by atoms with Crippen LogP contribution >= 0.6 is 11.6 Å². The highest BCUT2D eigenvalue weighted by molar-refractivity contribution is 6.64. The van der Waals surface area contributed by atoms with Crippen molar-refractivity contribution in [2.75, 3.05) is 13.1 Å². The summed E-state index contributed by atoms with van der Waals surface area (Å²) in [5.41, 5.74) is 1.20. The van der Waals surface area contributed by atoms with Gasteiger partial charge in [0, 0.05) is 19.5 Å². The minimum absolute atomic E-state index is 0.0277. The van der Waals surface area contributed by atoms with E-state index in [0.717, 1.165) is 6.42 Å². The van der Waals surface area contributed by atoms with E-state index < -0.39 is 5.24 Å². The number of hydrogen-bond acceptors (Lipinski definition) is 2. The summed E-state index contributed by atoms with van der Waals surface area (Å²) in [6.45, 7) is 1.12. The lowest BCUT2D eigenvalue weighted by Gasteiger charge is -2.15. The van der Waals surface area contributed by atoms with Crippen LogP contribution in [0.4, 0.5) is 0 Å². The van der Waals surface area contributed by atoms with Crippen molar-refractivity contribution < 1.29 is 9.59 Å². The Balaban J connectivity index is 1.88. The molecule has 1 fully saturated rings. The van der Waals surface area contributed by atoms with Crippen LogP contribution in [0.5, 0.6) is 0 Å². The van der Waals surface area contributed by atoms with Crippen LogP contribution in [0.15, 0.2) is 30.3 Å². The highest BCUT2D eigenvalue weighted by Gasteiger charge is 2.32. The summed E-state index contributed by atoms with van der Waals surface area (Å²) in [6, 6.07) is 9.99. The molecule has 1 amide bonds. The first-order valence-electron chi connectivity index (χ1n) is 5.68. The molecule has 1 unspecified atom stereocenters. The van der Waals surface area contributed by atoms with E-state index in [2.05, 4.69) is 0 Å². The van der Waals surface area contributed by atoms with Crippen molar-refractivity contribution in [1.29, 1.82) is 0 Å². The Labute approximate surface area is 105 Å². The molecule has 1 heterocycles. The van der Waals surface area contributed by atoms with Gasteiger partial charge < -0.3 is 4.90 Å². The predicted molar refractivity (Wildman–Crippen MR) is 65.7 cm³/mol. The van der Waals surface area contributed by atoms with Crippen LogP contribution in [0.2, 0.25) is 0 Å². The average Bonchev–Trinajstić information content (AvgIpc) is 2.70. The quantitative estimate of drug-likeness (QED) is 0.766. The van der Waals surface area contributed by atoms with Crippen molar-refractivity contribution in [2.45, 2.75) is 12.8 Å². The maximum atomic E-state index is 11.6. The van der Waals surface area contributed by atoms with Crippen LogP contribution < -0.4 is 0 Å². The molecular weight excluding hydrogens is 238 g/mol. The van der Waals surface area contributed by atoms with Crippen LogP contribution in [-0.4, -0.2) is 29.1 Å². The first kappa shape index (κ1) is 12.1. The van der Waals surface area contributed by atoms with Crippen LogP contribution in [-0.2, 0) is 16.0 Å². The van der Waals surface area contributed by atoms with Crippen LogP contribution in [0.1, 0.15) is 12.0 Å². The van der Waals surface area contributed by atoms with Gasteiger partial charge in [0.05, 0.1) is 5.92 Å². The first-order chi connectivity index (χ1) is 8.16. The van der Waals surface area contributed by atoms with Gasteiger partial charge in [0.1, 0.15) is 0 Å². The normalized spacial score (nSPS) is 19.7. The van der Waals surface area contributed by atoms with Gasteiger partial charge >= 0.3 is 0 Å². The summed E-state index contributed by atoms with van der Waals surface area (Å²) in [5.74, 6) is -0.292. The monoisotopic (exact) mass is 251 g/mol. The molecule has 0 aromatic heterocycles. The fraction of sp³-hybridized carbons (Fsp3) is 0.385. The van der Waals surface area contributed by atoms with Crippen LogP contribution in [0, 0.1) is 5.92 Å². The molecule has 0 spiro atoms. The van der Waals surface area contributed by atoms with Gasteiger partial charge in [-0.3, -0.25) is 9.59 Å². The highest BCUT2D eigenvalue weighted by atomic mass is 35.5. The standard InChI is InChI=1S/C13H14ClNO2/c14-13(17)11-8-12(16)15(9-11)7-6-10-4-2-1-3-5-10/h1-5,11H,6-9H2. The summed E-state index contributed by atoms with van der Waals surface area (Å²) < 4.78 is 0. The molecule has 0 radical (unpaired) electrons. The molecule has 1 aromatic rings. The maximum absolute atomic E-state index is 11.6. The second-order valence-electron chi connectivity index (χ2n) is 4.28. The molecule has 1 aliphatic rings. The number of hydrogen-bond donors (Lipinski definition) is 0. The number of rotatable bonds is 4. The van der Waals surface area contributed by atoms with E-state index in [1.807, 2.05) is 30.3 Å².